The van der Waals surface area contributed by atoms with Crippen molar-refractivity contribution < 1.29 is 4.74 Å². The Morgan fingerprint density at radius 1 is 1.00 bits per heavy atom. The van der Waals surface area contributed by atoms with Crippen LogP contribution in [-0.2, 0) is 4.74 Å². The lowest BCUT2D eigenvalue weighted by molar-refractivity contribution is -0.00472. The van der Waals surface area contributed by atoms with Crippen LogP contribution in [0.15, 0.2) is 0 Å². The molecule has 0 bridgehead atoms. The minimum atomic E-state index is -0.641. The Kier molecular flexibility index (Phi) is 9.15. The van der Waals surface area contributed by atoms with Crippen molar-refractivity contribution in [2.75, 3.05) is 6.61 Å². The van der Waals surface area contributed by atoms with E-state index < -0.39 is 14.1 Å². The molecular weight excluding hydrogens is 211 g/mol. The minimum Gasteiger partial charge on any atom is -0.376 e. The van der Waals surface area contributed by atoms with Crippen LogP contribution in [0.4, 0.5) is 0 Å². The van der Waals surface area contributed by atoms with Crippen molar-refractivity contribution in [2.24, 2.45) is 0 Å². The first-order valence-corrected chi connectivity index (χ1v) is 9.43. The predicted octanol–water partition coefficient (Wildman–Crippen LogP) is 4.05. The fourth-order valence-electron chi connectivity index (χ4n) is 1.32. The van der Waals surface area contributed by atoms with Gasteiger partial charge in [-0.05, 0) is 33.6 Å². The maximum atomic E-state index is 5.67. The third kappa shape index (κ3) is 14.1. The molecule has 0 aromatic rings. The normalized spacial score (nSPS) is 10.8. The van der Waals surface area contributed by atoms with Gasteiger partial charge in [-0.2, -0.15) is 0 Å². The maximum Gasteiger partial charge on any atom is 0.369 e. The van der Waals surface area contributed by atoms with E-state index >= 15 is 0 Å². The van der Waals surface area contributed by atoms with Gasteiger partial charge in [0.1, 0.15) is 0 Å². The van der Waals surface area contributed by atoms with Crippen molar-refractivity contribution in [3.63, 3.8) is 0 Å². The Labute approximate surface area is 106 Å². The average Bonchev–Trinajstić information content (AvgIpc) is 2.13. The van der Waals surface area contributed by atoms with Crippen LogP contribution in [0, 0.1) is 10.7 Å². The highest BCUT2D eigenvalue weighted by atomic mass is 27.2. The number of ether oxygens (including phenoxy) is 1. The molecule has 16 heavy (non-hydrogen) atoms. The van der Waals surface area contributed by atoms with Crippen molar-refractivity contribution in [1.29, 1.82) is 0 Å². The van der Waals surface area contributed by atoms with Gasteiger partial charge in [0.2, 0.25) is 0 Å². The minimum absolute atomic E-state index is 0.0212. The van der Waals surface area contributed by atoms with Crippen molar-refractivity contribution in [2.45, 2.75) is 70.0 Å². The van der Waals surface area contributed by atoms with Crippen LogP contribution in [0.5, 0.6) is 0 Å². The third-order valence-corrected chi connectivity index (χ3v) is 2.90. The fourth-order valence-corrected chi connectivity index (χ4v) is 1.88. The molecule has 0 N–H and O–H groups in total. The molecule has 1 nitrogen and oxygen atoms in total. The summed E-state index contributed by atoms with van der Waals surface area (Å²) in [4.78, 5) is 3.33. The van der Waals surface area contributed by atoms with E-state index in [9.17, 15) is 0 Å². The summed E-state index contributed by atoms with van der Waals surface area (Å²) < 4.78 is 5.67. The Balaban J connectivity index is 3.20. The van der Waals surface area contributed by atoms with Crippen LogP contribution in [-0.4, -0.2) is 26.4 Å². The Morgan fingerprint density at radius 3 is 2.19 bits per heavy atom. The summed E-state index contributed by atoms with van der Waals surface area (Å²) >= 11 is -0.641. The highest BCUT2D eigenvalue weighted by Crippen LogP contribution is 2.09. The van der Waals surface area contributed by atoms with Gasteiger partial charge in [0, 0.05) is 13.0 Å². The zero-order chi connectivity index (χ0) is 12.4. The second-order valence-electron chi connectivity index (χ2n) is 5.60. The molecule has 0 aliphatic heterocycles. The van der Waals surface area contributed by atoms with Crippen LogP contribution in [0.1, 0.15) is 52.9 Å². The summed E-state index contributed by atoms with van der Waals surface area (Å²) in [6.45, 7) is 7.23. The molecule has 0 aliphatic carbocycles. The quantitative estimate of drug-likeness (QED) is 0.385. The highest BCUT2D eigenvalue weighted by molar-refractivity contribution is 6.64. The van der Waals surface area contributed by atoms with E-state index in [0.29, 0.717) is 0 Å². The van der Waals surface area contributed by atoms with Crippen LogP contribution in [0.2, 0.25) is 11.6 Å². The molecule has 0 rings (SSSR count). The van der Waals surface area contributed by atoms with Gasteiger partial charge in [0.15, 0.2) is 0 Å². The van der Waals surface area contributed by atoms with Gasteiger partial charge in [-0.15, -0.1) is 5.92 Å². The number of hydrogen-bond donors (Lipinski definition) is 0. The fraction of sp³-hybridized carbons (Fsp3) is 0.857. The molecule has 0 saturated heterocycles. The van der Waals surface area contributed by atoms with Crippen molar-refractivity contribution in [3.8, 4) is 10.7 Å². The van der Waals surface area contributed by atoms with Gasteiger partial charge in [0.25, 0.3) is 0 Å². The van der Waals surface area contributed by atoms with E-state index in [2.05, 4.69) is 43.0 Å². The molecule has 0 saturated carbocycles. The summed E-state index contributed by atoms with van der Waals surface area (Å²) in [5.74, 6) is 7.83. The van der Waals surface area contributed by atoms with E-state index in [1.54, 1.807) is 0 Å². The van der Waals surface area contributed by atoms with Gasteiger partial charge in [-0.25, -0.2) is 4.78 Å². The van der Waals surface area contributed by atoms with Gasteiger partial charge < -0.3 is 4.74 Å². The van der Waals surface area contributed by atoms with E-state index in [1.165, 1.54) is 25.7 Å². The second-order valence-corrected chi connectivity index (χ2v) is 8.20. The SMILES string of the molecule is [CH3][Al]([CH3])[C]#CCCCCCCOC(C)(C)C. The Bertz CT molecular complexity index is 217. The first kappa shape index (κ1) is 16.1. The molecule has 0 fully saturated rings. The monoisotopic (exact) mass is 238 g/mol. The molecule has 2 heteroatoms. The number of hydrogen-bond acceptors (Lipinski definition) is 1. The molecular formula is C14H27AlO. The first-order valence-electron chi connectivity index (χ1n) is 6.54. The zero-order valence-electron chi connectivity index (χ0n) is 11.7. The molecule has 92 valence electrons. The van der Waals surface area contributed by atoms with Crippen molar-refractivity contribution in [1.82, 2.24) is 0 Å². The predicted molar refractivity (Wildman–Crippen MR) is 74.0 cm³/mol. The average molecular weight is 238 g/mol. The maximum absolute atomic E-state index is 5.67. The van der Waals surface area contributed by atoms with Crippen LogP contribution < -0.4 is 0 Å². The summed E-state index contributed by atoms with van der Waals surface area (Å²) in [5, 5.41) is 0. The summed E-state index contributed by atoms with van der Waals surface area (Å²) in [6.07, 6.45) is 6.09. The third-order valence-electron chi connectivity index (χ3n) is 2.12. The van der Waals surface area contributed by atoms with Crippen LogP contribution in [0.25, 0.3) is 0 Å². The van der Waals surface area contributed by atoms with Crippen molar-refractivity contribution >= 4 is 14.1 Å². The van der Waals surface area contributed by atoms with Gasteiger partial charge >= 0.3 is 14.1 Å². The Morgan fingerprint density at radius 2 is 1.62 bits per heavy atom. The Hall–Kier alpha value is 0.0525. The molecule has 0 amide bonds. The standard InChI is InChI=1S/C12H21O.2CH3.Al/c1-5-6-7-8-9-10-11-13-12(2,3)4;;;/h6-11H2,2-4H3;2*1H3;. The van der Waals surface area contributed by atoms with Crippen molar-refractivity contribution in [3.05, 3.63) is 0 Å². The molecule has 0 aromatic carbocycles. The van der Waals surface area contributed by atoms with Crippen LogP contribution in [0.3, 0.4) is 0 Å². The lowest BCUT2D eigenvalue weighted by Gasteiger charge is -2.19. The van der Waals surface area contributed by atoms with Gasteiger partial charge in [-0.3, -0.25) is 0 Å². The molecule has 0 radical (unpaired) electrons. The first-order chi connectivity index (χ1) is 7.42. The lowest BCUT2D eigenvalue weighted by Crippen LogP contribution is -2.19. The number of rotatable bonds is 6. The second kappa shape index (κ2) is 9.12. The molecule has 0 unspecified atom stereocenters. The van der Waals surface area contributed by atoms with Gasteiger partial charge in [-0.1, -0.05) is 24.4 Å². The highest BCUT2D eigenvalue weighted by Gasteiger charge is 2.08. The molecule has 0 heterocycles. The summed E-state index contributed by atoms with van der Waals surface area (Å²) in [7, 11) is 0. The largest absolute Gasteiger partial charge is 0.376 e. The topological polar surface area (TPSA) is 9.23 Å². The number of unbranched alkanes of at least 4 members (excludes halogenated alkanes) is 4. The van der Waals surface area contributed by atoms with Crippen LogP contribution >= 0.6 is 0 Å². The van der Waals surface area contributed by atoms with E-state index in [1.807, 2.05) is 0 Å². The van der Waals surface area contributed by atoms with E-state index in [4.69, 9.17) is 4.74 Å². The smallest absolute Gasteiger partial charge is 0.369 e. The summed E-state index contributed by atoms with van der Waals surface area (Å²) in [5.41, 5.74) is 0.0212. The molecule has 0 aromatic heterocycles. The van der Waals surface area contributed by atoms with Gasteiger partial charge in [0.05, 0.1) is 5.60 Å². The lowest BCUT2D eigenvalue weighted by atomic mass is 10.1. The zero-order valence-corrected chi connectivity index (χ0v) is 12.9. The molecule has 0 atom stereocenters. The molecule has 0 spiro atoms. The summed E-state index contributed by atoms with van der Waals surface area (Å²) in [6, 6.07) is 0. The molecule has 0 aliphatic rings. The van der Waals surface area contributed by atoms with E-state index in [0.717, 1.165) is 13.0 Å². The van der Waals surface area contributed by atoms with E-state index in [-0.39, 0.29) is 5.60 Å².